The van der Waals surface area contributed by atoms with Gasteiger partial charge < -0.3 is 21.1 Å². The zero-order valence-electron chi connectivity index (χ0n) is 13.0. The van der Waals surface area contributed by atoms with Crippen LogP contribution in [0.3, 0.4) is 0 Å². The maximum atomic E-state index is 6.19. The lowest BCUT2D eigenvalue weighted by Gasteiger charge is -2.22. The molecule has 1 atom stereocenters. The van der Waals surface area contributed by atoms with Gasteiger partial charge in [-0.3, -0.25) is 0 Å². The molecule has 0 fully saturated rings. The Hall–Kier alpha value is -1.72. The van der Waals surface area contributed by atoms with Gasteiger partial charge in [0.2, 0.25) is 0 Å². The fourth-order valence-corrected chi connectivity index (χ4v) is 2.49. The van der Waals surface area contributed by atoms with Crippen molar-refractivity contribution in [2.45, 2.75) is 26.3 Å². The summed E-state index contributed by atoms with van der Waals surface area (Å²) in [6.07, 6.45) is 2.96. The molecule has 0 aromatic heterocycles. The summed E-state index contributed by atoms with van der Waals surface area (Å²) in [6.45, 7) is 6.30. The summed E-state index contributed by atoms with van der Waals surface area (Å²) in [5.74, 6) is 1.27. The van der Waals surface area contributed by atoms with Crippen molar-refractivity contribution in [3.05, 3.63) is 46.2 Å². The van der Waals surface area contributed by atoms with Crippen molar-refractivity contribution in [2.75, 3.05) is 19.8 Å². The molecule has 22 heavy (non-hydrogen) atoms. The lowest BCUT2D eigenvalue weighted by molar-refractivity contribution is 0.145. The van der Waals surface area contributed by atoms with Crippen LogP contribution in [0.25, 0.3) is 0 Å². The molecule has 1 unspecified atom stereocenters. The highest BCUT2D eigenvalue weighted by Gasteiger charge is 2.17. The highest BCUT2D eigenvalue weighted by Crippen LogP contribution is 2.28. The van der Waals surface area contributed by atoms with E-state index in [0.29, 0.717) is 5.96 Å². The van der Waals surface area contributed by atoms with Crippen LogP contribution in [0.5, 0.6) is 0 Å². The predicted octanol–water partition coefficient (Wildman–Crippen LogP) is 2.47. The van der Waals surface area contributed by atoms with Gasteiger partial charge in [-0.15, -0.1) is 0 Å². The Morgan fingerprint density at radius 1 is 1.45 bits per heavy atom. The smallest absolute Gasteiger partial charge is 0.195 e. The van der Waals surface area contributed by atoms with Crippen LogP contribution >= 0.6 is 11.6 Å². The molecular weight excluding hydrogens is 300 g/mol. The van der Waals surface area contributed by atoms with Crippen LogP contribution in [0.2, 0.25) is 5.02 Å². The summed E-state index contributed by atoms with van der Waals surface area (Å²) in [5, 5.41) is 7.11. The molecule has 2 rings (SSSR count). The number of guanidine groups is 1. The minimum Gasteiger partial charge on any atom is -0.382 e. The highest BCUT2D eigenvalue weighted by atomic mass is 35.5. The zero-order chi connectivity index (χ0) is 15.9. The van der Waals surface area contributed by atoms with Gasteiger partial charge in [0.15, 0.2) is 5.96 Å². The first-order chi connectivity index (χ1) is 10.6. The van der Waals surface area contributed by atoms with Gasteiger partial charge in [-0.05, 0) is 43.5 Å². The van der Waals surface area contributed by atoms with E-state index in [9.17, 15) is 0 Å². The SMILES string of the molecule is CCOCCCNC1=CC(c2cccc(Cl)c2C)N=C(N)N1. The second-order valence-corrected chi connectivity index (χ2v) is 5.50. The maximum Gasteiger partial charge on any atom is 0.195 e. The van der Waals surface area contributed by atoms with Gasteiger partial charge in [-0.1, -0.05) is 23.7 Å². The number of aliphatic imine (C=N–C) groups is 1. The largest absolute Gasteiger partial charge is 0.382 e. The third kappa shape index (κ3) is 4.39. The fraction of sp³-hybridized carbons (Fsp3) is 0.438. The van der Waals surface area contributed by atoms with Gasteiger partial charge in [-0.25, -0.2) is 4.99 Å². The summed E-state index contributed by atoms with van der Waals surface area (Å²) >= 11 is 6.19. The van der Waals surface area contributed by atoms with Gasteiger partial charge in [0.25, 0.3) is 0 Å². The molecule has 0 amide bonds. The number of halogens is 1. The molecule has 1 aliphatic heterocycles. The Kier molecular flexibility index (Phi) is 6.10. The molecule has 4 N–H and O–H groups in total. The number of nitrogens with one attached hydrogen (secondary N) is 2. The standard InChI is InChI=1S/C16H23ClN4O/c1-3-22-9-5-8-19-15-10-14(20-16(18)21-15)12-6-4-7-13(17)11(12)2/h4,6-7,10,14,19H,3,5,8-9H2,1-2H3,(H3,18,20,21). The molecule has 6 heteroatoms. The van der Waals surface area contributed by atoms with E-state index in [0.717, 1.165) is 48.1 Å². The summed E-state index contributed by atoms with van der Waals surface area (Å²) in [7, 11) is 0. The normalized spacial score (nSPS) is 17.5. The van der Waals surface area contributed by atoms with E-state index in [1.165, 1.54) is 0 Å². The van der Waals surface area contributed by atoms with Crippen molar-refractivity contribution < 1.29 is 4.74 Å². The van der Waals surface area contributed by atoms with E-state index in [1.54, 1.807) is 0 Å². The average Bonchev–Trinajstić information content (AvgIpc) is 2.49. The lowest BCUT2D eigenvalue weighted by Crippen LogP contribution is -2.40. The maximum absolute atomic E-state index is 6.19. The molecule has 1 aromatic rings. The number of rotatable bonds is 7. The number of hydrogen-bond acceptors (Lipinski definition) is 5. The van der Waals surface area contributed by atoms with Crippen molar-refractivity contribution in [3.63, 3.8) is 0 Å². The Morgan fingerprint density at radius 3 is 3.05 bits per heavy atom. The number of ether oxygens (including phenoxy) is 1. The summed E-state index contributed by atoms with van der Waals surface area (Å²) in [4.78, 5) is 4.45. The quantitative estimate of drug-likeness (QED) is 0.674. The molecule has 0 spiro atoms. The third-order valence-electron chi connectivity index (χ3n) is 3.48. The second-order valence-electron chi connectivity index (χ2n) is 5.10. The molecule has 120 valence electrons. The number of benzene rings is 1. The minimum atomic E-state index is -0.130. The molecule has 0 radical (unpaired) electrons. The van der Waals surface area contributed by atoms with Crippen molar-refractivity contribution in [2.24, 2.45) is 10.7 Å². The van der Waals surface area contributed by atoms with E-state index in [-0.39, 0.29) is 6.04 Å². The third-order valence-corrected chi connectivity index (χ3v) is 3.89. The zero-order valence-corrected chi connectivity index (χ0v) is 13.8. The minimum absolute atomic E-state index is 0.130. The van der Waals surface area contributed by atoms with Gasteiger partial charge in [0, 0.05) is 24.8 Å². The molecular formula is C16H23ClN4O. The molecule has 0 aliphatic carbocycles. The van der Waals surface area contributed by atoms with E-state index in [2.05, 4.69) is 15.6 Å². The first kappa shape index (κ1) is 16.6. The highest BCUT2D eigenvalue weighted by molar-refractivity contribution is 6.31. The number of nitrogens with zero attached hydrogens (tertiary/aromatic N) is 1. The van der Waals surface area contributed by atoms with Crippen molar-refractivity contribution in [1.29, 1.82) is 0 Å². The Morgan fingerprint density at radius 2 is 2.27 bits per heavy atom. The first-order valence-corrected chi connectivity index (χ1v) is 7.88. The average molecular weight is 323 g/mol. The first-order valence-electron chi connectivity index (χ1n) is 7.50. The Bertz CT molecular complexity index is 571. The van der Waals surface area contributed by atoms with Crippen LogP contribution in [-0.2, 0) is 4.74 Å². The van der Waals surface area contributed by atoms with Crippen molar-refractivity contribution in [3.8, 4) is 0 Å². The van der Waals surface area contributed by atoms with Crippen LogP contribution in [-0.4, -0.2) is 25.7 Å². The number of hydrogen-bond donors (Lipinski definition) is 3. The Balaban J connectivity index is 2.04. The van der Waals surface area contributed by atoms with Crippen molar-refractivity contribution in [1.82, 2.24) is 10.6 Å². The topological polar surface area (TPSA) is 71.7 Å². The van der Waals surface area contributed by atoms with Crippen LogP contribution in [0.4, 0.5) is 0 Å². The van der Waals surface area contributed by atoms with Gasteiger partial charge in [-0.2, -0.15) is 0 Å². The molecule has 0 bridgehead atoms. The molecule has 1 aromatic carbocycles. The molecule has 5 nitrogen and oxygen atoms in total. The van der Waals surface area contributed by atoms with Crippen LogP contribution in [0.1, 0.15) is 30.5 Å². The molecule has 1 heterocycles. The van der Waals surface area contributed by atoms with Gasteiger partial charge in [0.05, 0.1) is 0 Å². The van der Waals surface area contributed by atoms with Crippen LogP contribution in [0, 0.1) is 6.92 Å². The second kappa shape index (κ2) is 8.06. The summed E-state index contributed by atoms with van der Waals surface area (Å²) < 4.78 is 5.32. The molecule has 0 saturated carbocycles. The van der Waals surface area contributed by atoms with E-state index in [4.69, 9.17) is 22.1 Å². The summed E-state index contributed by atoms with van der Waals surface area (Å²) in [5.41, 5.74) is 7.98. The molecule has 0 saturated heterocycles. The van der Waals surface area contributed by atoms with Gasteiger partial charge in [0.1, 0.15) is 11.9 Å². The van der Waals surface area contributed by atoms with Crippen LogP contribution in [0.15, 0.2) is 35.1 Å². The van der Waals surface area contributed by atoms with Crippen LogP contribution < -0.4 is 16.4 Å². The van der Waals surface area contributed by atoms with Crippen molar-refractivity contribution >= 4 is 17.6 Å². The monoisotopic (exact) mass is 322 g/mol. The van der Waals surface area contributed by atoms with E-state index < -0.39 is 0 Å². The predicted molar refractivity (Wildman–Crippen MR) is 90.9 cm³/mol. The lowest BCUT2D eigenvalue weighted by atomic mass is 10.0. The van der Waals surface area contributed by atoms with E-state index >= 15 is 0 Å². The Labute approximate surface area is 136 Å². The van der Waals surface area contributed by atoms with Gasteiger partial charge >= 0.3 is 0 Å². The molecule has 1 aliphatic rings. The number of nitrogens with two attached hydrogens (primary N) is 1. The fourth-order valence-electron chi connectivity index (χ4n) is 2.31. The van der Waals surface area contributed by atoms with E-state index in [1.807, 2.05) is 38.1 Å². The summed E-state index contributed by atoms with van der Waals surface area (Å²) in [6, 6.07) is 5.71.